The second-order valence-corrected chi connectivity index (χ2v) is 4.53. The van der Waals surface area contributed by atoms with Crippen LogP contribution in [-0.2, 0) is 6.42 Å². The molecule has 0 N–H and O–H groups in total. The van der Waals surface area contributed by atoms with Gasteiger partial charge in [0.2, 0.25) is 0 Å². The molecular formula is C8H8Br2S. The predicted molar refractivity (Wildman–Crippen MR) is 59.4 cm³/mol. The van der Waals surface area contributed by atoms with Crippen LogP contribution in [0.15, 0.2) is 27.1 Å². The zero-order valence-electron chi connectivity index (χ0n) is 5.85. The van der Waals surface area contributed by atoms with Crippen molar-refractivity contribution >= 4 is 44.5 Å². The van der Waals surface area contributed by atoms with E-state index in [0.29, 0.717) is 0 Å². The average molecular weight is 296 g/mol. The lowest BCUT2D eigenvalue weighted by Crippen LogP contribution is -1.85. The molecule has 0 amide bonds. The summed E-state index contributed by atoms with van der Waals surface area (Å²) in [7, 11) is 0. The first kappa shape index (κ1) is 9.62. The van der Waals surface area contributed by atoms with Crippen LogP contribution < -0.4 is 0 Å². The predicted octanol–water partition coefficient (Wildman–Crippen LogP) is 3.68. The number of aryl methyl sites for hydroxylation is 1. The van der Waals surface area contributed by atoms with Gasteiger partial charge in [-0.2, -0.15) is 12.6 Å². The minimum Gasteiger partial charge on any atom is -0.179 e. The Kier molecular flexibility index (Phi) is 3.96. The number of halogens is 2. The molecule has 0 heterocycles. The summed E-state index contributed by atoms with van der Waals surface area (Å²) in [4.78, 5) is 0. The van der Waals surface area contributed by atoms with Gasteiger partial charge in [-0.15, -0.1) is 0 Å². The molecular weight excluding hydrogens is 288 g/mol. The van der Waals surface area contributed by atoms with E-state index in [1.165, 1.54) is 5.56 Å². The SMILES string of the molecule is SCCc1cc(Br)cc(Br)c1. The summed E-state index contributed by atoms with van der Waals surface area (Å²) >= 11 is 11.0. The van der Waals surface area contributed by atoms with Crippen LogP contribution in [0, 0.1) is 0 Å². The lowest BCUT2D eigenvalue weighted by molar-refractivity contribution is 1.16. The molecule has 0 aliphatic rings. The first-order valence-corrected chi connectivity index (χ1v) is 5.50. The molecule has 0 nitrogen and oxygen atoms in total. The largest absolute Gasteiger partial charge is 0.179 e. The number of thiol groups is 1. The van der Waals surface area contributed by atoms with Gasteiger partial charge in [0.1, 0.15) is 0 Å². The van der Waals surface area contributed by atoms with E-state index in [9.17, 15) is 0 Å². The van der Waals surface area contributed by atoms with Crippen molar-refractivity contribution in [3.8, 4) is 0 Å². The Balaban J connectivity index is 2.89. The number of benzene rings is 1. The number of hydrogen-bond acceptors (Lipinski definition) is 1. The Hall–Kier alpha value is 0.530. The van der Waals surface area contributed by atoms with E-state index in [1.807, 2.05) is 6.07 Å². The third-order valence-corrected chi connectivity index (χ3v) is 2.46. The highest BCUT2D eigenvalue weighted by Gasteiger charge is 1.95. The van der Waals surface area contributed by atoms with E-state index in [-0.39, 0.29) is 0 Å². The van der Waals surface area contributed by atoms with Crippen molar-refractivity contribution in [3.63, 3.8) is 0 Å². The summed E-state index contributed by atoms with van der Waals surface area (Å²) in [6.07, 6.45) is 1.02. The van der Waals surface area contributed by atoms with Gasteiger partial charge in [-0.05, 0) is 35.9 Å². The van der Waals surface area contributed by atoms with Gasteiger partial charge in [0.15, 0.2) is 0 Å². The highest BCUT2D eigenvalue weighted by Crippen LogP contribution is 2.20. The molecule has 0 atom stereocenters. The van der Waals surface area contributed by atoms with Crippen LogP contribution in [0.25, 0.3) is 0 Å². The maximum atomic E-state index is 4.17. The molecule has 0 bridgehead atoms. The quantitative estimate of drug-likeness (QED) is 0.791. The van der Waals surface area contributed by atoms with Gasteiger partial charge in [0.05, 0.1) is 0 Å². The van der Waals surface area contributed by atoms with E-state index in [0.717, 1.165) is 21.1 Å². The topological polar surface area (TPSA) is 0 Å². The Labute approximate surface area is 89.1 Å². The summed E-state index contributed by atoms with van der Waals surface area (Å²) in [5.74, 6) is 0.892. The van der Waals surface area contributed by atoms with E-state index in [2.05, 4.69) is 56.6 Å². The van der Waals surface area contributed by atoms with Crippen molar-refractivity contribution in [2.45, 2.75) is 6.42 Å². The second kappa shape index (κ2) is 4.53. The zero-order valence-corrected chi connectivity index (χ0v) is 9.92. The first-order chi connectivity index (χ1) is 5.22. The molecule has 1 aromatic rings. The molecule has 0 fully saturated rings. The van der Waals surface area contributed by atoms with Crippen molar-refractivity contribution in [2.75, 3.05) is 5.75 Å². The molecule has 0 saturated carbocycles. The van der Waals surface area contributed by atoms with E-state index < -0.39 is 0 Å². The highest BCUT2D eigenvalue weighted by molar-refractivity contribution is 9.11. The normalized spacial score (nSPS) is 10.1. The Bertz CT molecular complexity index is 228. The monoisotopic (exact) mass is 294 g/mol. The second-order valence-electron chi connectivity index (χ2n) is 2.25. The Morgan fingerprint density at radius 1 is 1.09 bits per heavy atom. The zero-order chi connectivity index (χ0) is 8.27. The summed E-state index contributed by atoms with van der Waals surface area (Å²) in [6.45, 7) is 0. The van der Waals surface area contributed by atoms with Gasteiger partial charge < -0.3 is 0 Å². The standard InChI is InChI=1S/C8H8Br2S/c9-7-3-6(1-2-11)4-8(10)5-7/h3-5,11H,1-2H2. The fourth-order valence-electron chi connectivity index (χ4n) is 0.884. The van der Waals surface area contributed by atoms with Gasteiger partial charge in [-0.1, -0.05) is 31.9 Å². The van der Waals surface area contributed by atoms with Gasteiger partial charge >= 0.3 is 0 Å². The molecule has 1 aromatic carbocycles. The minimum absolute atomic E-state index is 0.892. The smallest absolute Gasteiger partial charge is 0.0189 e. The molecule has 0 aliphatic heterocycles. The molecule has 0 saturated heterocycles. The molecule has 0 spiro atoms. The van der Waals surface area contributed by atoms with E-state index >= 15 is 0 Å². The van der Waals surface area contributed by atoms with Gasteiger partial charge in [0, 0.05) is 8.95 Å². The highest BCUT2D eigenvalue weighted by atomic mass is 79.9. The first-order valence-electron chi connectivity index (χ1n) is 3.28. The maximum Gasteiger partial charge on any atom is 0.0189 e. The van der Waals surface area contributed by atoms with Crippen molar-refractivity contribution in [1.82, 2.24) is 0 Å². The molecule has 1 rings (SSSR count). The fraction of sp³-hybridized carbons (Fsp3) is 0.250. The van der Waals surface area contributed by atoms with Crippen molar-refractivity contribution < 1.29 is 0 Å². The fourth-order valence-corrected chi connectivity index (χ4v) is 2.53. The summed E-state index contributed by atoms with van der Waals surface area (Å²) in [5.41, 5.74) is 1.31. The van der Waals surface area contributed by atoms with Crippen LogP contribution in [0.1, 0.15) is 5.56 Å². The van der Waals surface area contributed by atoms with Crippen molar-refractivity contribution in [1.29, 1.82) is 0 Å². The Morgan fingerprint density at radius 2 is 1.64 bits per heavy atom. The van der Waals surface area contributed by atoms with Crippen LogP contribution in [0.4, 0.5) is 0 Å². The lowest BCUT2D eigenvalue weighted by atomic mass is 10.2. The van der Waals surface area contributed by atoms with Gasteiger partial charge in [-0.3, -0.25) is 0 Å². The summed E-state index contributed by atoms with van der Waals surface area (Å²) in [6, 6.07) is 6.25. The van der Waals surface area contributed by atoms with Crippen LogP contribution in [0.5, 0.6) is 0 Å². The maximum absolute atomic E-state index is 4.17. The van der Waals surface area contributed by atoms with Crippen LogP contribution in [0.2, 0.25) is 0 Å². The van der Waals surface area contributed by atoms with Crippen LogP contribution in [-0.4, -0.2) is 5.75 Å². The van der Waals surface area contributed by atoms with Crippen molar-refractivity contribution in [3.05, 3.63) is 32.7 Å². The molecule has 0 aliphatic carbocycles. The minimum atomic E-state index is 0.892. The molecule has 3 heteroatoms. The molecule has 0 aromatic heterocycles. The number of rotatable bonds is 2. The lowest BCUT2D eigenvalue weighted by Gasteiger charge is -1.99. The molecule has 0 unspecified atom stereocenters. The van der Waals surface area contributed by atoms with Crippen molar-refractivity contribution in [2.24, 2.45) is 0 Å². The van der Waals surface area contributed by atoms with E-state index in [1.54, 1.807) is 0 Å². The van der Waals surface area contributed by atoms with Gasteiger partial charge in [-0.25, -0.2) is 0 Å². The molecule has 0 radical (unpaired) electrons. The third-order valence-electron chi connectivity index (χ3n) is 1.32. The summed E-state index contributed by atoms with van der Waals surface area (Å²) < 4.78 is 2.23. The summed E-state index contributed by atoms with van der Waals surface area (Å²) in [5, 5.41) is 0. The molecule has 60 valence electrons. The van der Waals surface area contributed by atoms with E-state index in [4.69, 9.17) is 0 Å². The molecule has 11 heavy (non-hydrogen) atoms. The van der Waals surface area contributed by atoms with Gasteiger partial charge in [0.25, 0.3) is 0 Å². The van der Waals surface area contributed by atoms with Crippen LogP contribution >= 0.6 is 44.5 Å². The third kappa shape index (κ3) is 3.18. The Morgan fingerprint density at radius 3 is 2.09 bits per heavy atom. The van der Waals surface area contributed by atoms with Crippen LogP contribution in [0.3, 0.4) is 0 Å². The average Bonchev–Trinajstić information content (AvgIpc) is 1.85. The number of hydrogen-bond donors (Lipinski definition) is 1.